The predicted molar refractivity (Wildman–Crippen MR) is 49.0 cm³/mol. The maximum absolute atomic E-state index is 10.6. The van der Waals surface area contributed by atoms with Crippen molar-refractivity contribution >= 4 is 11.9 Å². The fourth-order valence-corrected chi connectivity index (χ4v) is 0.931. The van der Waals surface area contributed by atoms with Gasteiger partial charge in [0, 0.05) is 6.54 Å². The molecule has 0 saturated carbocycles. The summed E-state index contributed by atoms with van der Waals surface area (Å²) in [4.78, 5) is 12.0. The standard InChI is InChI=1S/C7H16N4O2/c1-5(2)3-11(4-6(8)12)7(9)10-13/h5,13H,3-4H2,1-2H3,(H2,8,12)(H2,9,10). The summed E-state index contributed by atoms with van der Waals surface area (Å²) in [6.07, 6.45) is 0. The summed E-state index contributed by atoms with van der Waals surface area (Å²) < 4.78 is 0. The molecule has 0 spiro atoms. The number of primary amides is 1. The van der Waals surface area contributed by atoms with Gasteiger partial charge in [0.05, 0.1) is 6.54 Å². The van der Waals surface area contributed by atoms with E-state index in [0.717, 1.165) is 0 Å². The zero-order valence-corrected chi connectivity index (χ0v) is 7.90. The van der Waals surface area contributed by atoms with Crippen molar-refractivity contribution in [1.29, 1.82) is 0 Å². The van der Waals surface area contributed by atoms with Crippen LogP contribution in [0.5, 0.6) is 0 Å². The lowest BCUT2D eigenvalue weighted by Crippen LogP contribution is -2.44. The lowest BCUT2D eigenvalue weighted by atomic mass is 10.2. The molecule has 0 saturated heterocycles. The Labute approximate surface area is 77.2 Å². The fraction of sp³-hybridized carbons (Fsp3) is 0.714. The number of oxime groups is 1. The summed E-state index contributed by atoms with van der Waals surface area (Å²) in [5.41, 5.74) is 10.3. The second-order valence-corrected chi connectivity index (χ2v) is 3.20. The number of hydrogen-bond acceptors (Lipinski definition) is 3. The molecule has 0 aromatic rings. The van der Waals surface area contributed by atoms with Crippen LogP contribution in [-0.4, -0.2) is 35.1 Å². The fourth-order valence-electron chi connectivity index (χ4n) is 0.931. The van der Waals surface area contributed by atoms with Crippen molar-refractivity contribution in [3.05, 3.63) is 0 Å². The Morgan fingerprint density at radius 1 is 1.54 bits per heavy atom. The van der Waals surface area contributed by atoms with Crippen LogP contribution in [-0.2, 0) is 4.79 Å². The van der Waals surface area contributed by atoms with Crippen LogP contribution in [0.25, 0.3) is 0 Å². The molecular weight excluding hydrogens is 172 g/mol. The van der Waals surface area contributed by atoms with Crippen molar-refractivity contribution in [2.75, 3.05) is 13.1 Å². The van der Waals surface area contributed by atoms with Gasteiger partial charge in [0.15, 0.2) is 0 Å². The summed E-state index contributed by atoms with van der Waals surface area (Å²) in [7, 11) is 0. The smallest absolute Gasteiger partial charge is 0.237 e. The van der Waals surface area contributed by atoms with E-state index in [0.29, 0.717) is 12.5 Å². The highest BCUT2D eigenvalue weighted by molar-refractivity contribution is 5.84. The number of carbonyl (C=O) groups excluding carboxylic acids is 1. The van der Waals surface area contributed by atoms with Gasteiger partial charge in [-0.05, 0) is 5.92 Å². The molecule has 0 heterocycles. The van der Waals surface area contributed by atoms with E-state index >= 15 is 0 Å². The number of rotatable bonds is 4. The highest BCUT2D eigenvalue weighted by Crippen LogP contribution is 1.97. The highest BCUT2D eigenvalue weighted by Gasteiger charge is 2.12. The van der Waals surface area contributed by atoms with Crippen LogP contribution in [0.4, 0.5) is 0 Å². The van der Waals surface area contributed by atoms with Crippen LogP contribution in [0.2, 0.25) is 0 Å². The van der Waals surface area contributed by atoms with Crippen LogP contribution < -0.4 is 11.5 Å². The molecule has 6 heteroatoms. The first-order valence-corrected chi connectivity index (χ1v) is 3.98. The Morgan fingerprint density at radius 2 is 2.08 bits per heavy atom. The molecular formula is C7H16N4O2. The van der Waals surface area contributed by atoms with Gasteiger partial charge in [-0.2, -0.15) is 0 Å². The monoisotopic (exact) mass is 188 g/mol. The number of amides is 1. The third-order valence-corrected chi connectivity index (χ3v) is 1.36. The predicted octanol–water partition coefficient (Wildman–Crippen LogP) is -0.866. The lowest BCUT2D eigenvalue weighted by molar-refractivity contribution is -0.118. The third-order valence-electron chi connectivity index (χ3n) is 1.36. The molecule has 0 unspecified atom stereocenters. The van der Waals surface area contributed by atoms with Crippen molar-refractivity contribution in [2.45, 2.75) is 13.8 Å². The first-order valence-electron chi connectivity index (χ1n) is 3.98. The molecule has 0 rings (SSSR count). The molecule has 5 N–H and O–H groups in total. The van der Waals surface area contributed by atoms with Crippen LogP contribution in [0, 0.1) is 5.92 Å². The Kier molecular flexibility index (Phi) is 4.64. The van der Waals surface area contributed by atoms with E-state index < -0.39 is 5.91 Å². The molecule has 0 fully saturated rings. The molecule has 0 aromatic heterocycles. The van der Waals surface area contributed by atoms with E-state index in [9.17, 15) is 4.79 Å². The summed E-state index contributed by atoms with van der Waals surface area (Å²) in [6, 6.07) is 0. The number of nitrogens with zero attached hydrogens (tertiary/aromatic N) is 2. The van der Waals surface area contributed by atoms with E-state index in [1.165, 1.54) is 4.90 Å². The van der Waals surface area contributed by atoms with Gasteiger partial charge in [-0.3, -0.25) is 4.79 Å². The average Bonchev–Trinajstić information content (AvgIpc) is 2.00. The maximum Gasteiger partial charge on any atom is 0.237 e. The number of carbonyl (C=O) groups is 1. The Hall–Kier alpha value is -1.46. The second kappa shape index (κ2) is 5.23. The first kappa shape index (κ1) is 11.5. The van der Waals surface area contributed by atoms with E-state index in [-0.39, 0.29) is 12.5 Å². The summed E-state index contributed by atoms with van der Waals surface area (Å²) >= 11 is 0. The third kappa shape index (κ3) is 4.89. The number of hydrogen-bond donors (Lipinski definition) is 3. The molecule has 13 heavy (non-hydrogen) atoms. The Balaban J connectivity index is 4.27. The molecule has 0 bridgehead atoms. The zero-order chi connectivity index (χ0) is 10.4. The normalized spacial score (nSPS) is 11.8. The van der Waals surface area contributed by atoms with E-state index in [2.05, 4.69) is 5.16 Å². The minimum absolute atomic E-state index is 0.0337. The van der Waals surface area contributed by atoms with Gasteiger partial charge in [0.25, 0.3) is 0 Å². The molecule has 1 amide bonds. The average molecular weight is 188 g/mol. The van der Waals surface area contributed by atoms with Crippen LogP contribution >= 0.6 is 0 Å². The molecule has 0 aromatic carbocycles. The lowest BCUT2D eigenvalue weighted by Gasteiger charge is -2.22. The van der Waals surface area contributed by atoms with Crippen molar-refractivity contribution in [3.8, 4) is 0 Å². The van der Waals surface area contributed by atoms with E-state index in [4.69, 9.17) is 16.7 Å². The topological polar surface area (TPSA) is 105 Å². The molecule has 0 aliphatic rings. The summed E-state index contributed by atoms with van der Waals surface area (Å²) in [6.45, 7) is 4.41. The van der Waals surface area contributed by atoms with Crippen molar-refractivity contribution < 1.29 is 10.0 Å². The second-order valence-electron chi connectivity index (χ2n) is 3.20. The molecule has 0 aliphatic carbocycles. The van der Waals surface area contributed by atoms with Crippen molar-refractivity contribution in [2.24, 2.45) is 22.5 Å². The maximum atomic E-state index is 10.6. The molecule has 0 atom stereocenters. The van der Waals surface area contributed by atoms with Gasteiger partial charge >= 0.3 is 0 Å². The highest BCUT2D eigenvalue weighted by atomic mass is 16.4. The molecule has 76 valence electrons. The Bertz CT molecular complexity index is 203. The van der Waals surface area contributed by atoms with E-state index in [1.807, 2.05) is 13.8 Å². The van der Waals surface area contributed by atoms with Crippen LogP contribution in [0.15, 0.2) is 5.16 Å². The largest absolute Gasteiger partial charge is 0.408 e. The van der Waals surface area contributed by atoms with Crippen LogP contribution in [0.1, 0.15) is 13.8 Å². The van der Waals surface area contributed by atoms with Crippen molar-refractivity contribution in [1.82, 2.24) is 4.90 Å². The van der Waals surface area contributed by atoms with Gasteiger partial charge in [0.1, 0.15) is 0 Å². The minimum atomic E-state index is -0.507. The summed E-state index contributed by atoms with van der Waals surface area (Å²) in [5.74, 6) is -0.292. The molecule has 0 radical (unpaired) electrons. The number of nitrogens with two attached hydrogens (primary N) is 2. The SMILES string of the molecule is CC(C)CN(CC(N)=O)C(N)=NO. The van der Waals surface area contributed by atoms with Gasteiger partial charge in [-0.25, -0.2) is 0 Å². The first-order chi connectivity index (χ1) is 5.97. The quantitative estimate of drug-likeness (QED) is 0.231. The van der Waals surface area contributed by atoms with Crippen LogP contribution in [0.3, 0.4) is 0 Å². The van der Waals surface area contributed by atoms with Crippen molar-refractivity contribution in [3.63, 3.8) is 0 Å². The van der Waals surface area contributed by atoms with Gasteiger partial charge < -0.3 is 21.6 Å². The van der Waals surface area contributed by atoms with E-state index in [1.54, 1.807) is 0 Å². The summed E-state index contributed by atoms with van der Waals surface area (Å²) in [5, 5.41) is 11.2. The minimum Gasteiger partial charge on any atom is -0.408 e. The van der Waals surface area contributed by atoms with Gasteiger partial charge in [0.2, 0.25) is 11.9 Å². The van der Waals surface area contributed by atoms with Gasteiger partial charge in [-0.1, -0.05) is 19.0 Å². The number of guanidine groups is 1. The Morgan fingerprint density at radius 3 is 2.38 bits per heavy atom. The molecule has 6 nitrogen and oxygen atoms in total. The zero-order valence-electron chi connectivity index (χ0n) is 7.90. The molecule has 0 aliphatic heterocycles. The van der Waals surface area contributed by atoms with Gasteiger partial charge in [-0.15, -0.1) is 0 Å².